The molecule has 0 aliphatic heterocycles. The molecule has 5 heteroatoms. The lowest BCUT2D eigenvalue weighted by molar-refractivity contribution is -0.129. The number of carbonyl (C=O) groups is 2. The van der Waals surface area contributed by atoms with Crippen LogP contribution in [-0.4, -0.2) is 30.3 Å². The van der Waals surface area contributed by atoms with Crippen LogP contribution in [0.15, 0.2) is 18.3 Å². The molecule has 2 N–H and O–H groups in total. The van der Waals surface area contributed by atoms with E-state index in [0.29, 0.717) is 0 Å². The second-order valence-corrected chi connectivity index (χ2v) is 6.34. The highest BCUT2D eigenvalue weighted by Gasteiger charge is 2.34. The number of pyridine rings is 1. The number of aryl methyl sites for hydroxylation is 1. The predicted octanol–water partition coefficient (Wildman–Crippen LogP) is 5.64. The minimum Gasteiger partial charge on any atom is -0.379 e. The van der Waals surface area contributed by atoms with E-state index < -0.39 is 5.41 Å². The third-order valence-corrected chi connectivity index (χ3v) is 3.12. The molecule has 160 valence electrons. The van der Waals surface area contributed by atoms with Crippen LogP contribution in [0.5, 0.6) is 0 Å². The van der Waals surface area contributed by atoms with Crippen LogP contribution >= 0.6 is 0 Å². The first kappa shape index (κ1) is 32.7. The van der Waals surface area contributed by atoms with Crippen molar-refractivity contribution < 1.29 is 9.59 Å². The minimum atomic E-state index is -0.413. The van der Waals surface area contributed by atoms with Gasteiger partial charge in [0.2, 0.25) is 5.91 Å². The largest absolute Gasteiger partial charge is 0.379 e. The molecular formula is C22H45N3O2. The van der Waals surface area contributed by atoms with Gasteiger partial charge in [0, 0.05) is 23.7 Å². The summed E-state index contributed by atoms with van der Waals surface area (Å²) in [5.41, 5.74) is 1.37. The summed E-state index contributed by atoms with van der Waals surface area (Å²) in [6.45, 7) is 24.1. The SMILES string of the molecule is C=O.CC.CC.CC.CNC(=O)C(C)(C)CC(C)(C)Nc1ccc(C)nc1. The lowest BCUT2D eigenvalue weighted by Crippen LogP contribution is -2.43. The van der Waals surface area contributed by atoms with Crippen molar-refractivity contribution in [3.8, 4) is 0 Å². The van der Waals surface area contributed by atoms with Crippen molar-refractivity contribution in [2.45, 2.75) is 88.1 Å². The number of hydrogen-bond acceptors (Lipinski definition) is 4. The van der Waals surface area contributed by atoms with Crippen LogP contribution in [0.2, 0.25) is 0 Å². The fourth-order valence-electron chi connectivity index (χ4n) is 2.50. The number of amides is 1. The third kappa shape index (κ3) is 16.0. The molecule has 0 fully saturated rings. The van der Waals surface area contributed by atoms with Gasteiger partial charge in [0.05, 0.1) is 11.9 Å². The van der Waals surface area contributed by atoms with Gasteiger partial charge in [-0.25, -0.2) is 0 Å². The molecule has 27 heavy (non-hydrogen) atoms. The number of nitrogens with one attached hydrogen (secondary N) is 2. The zero-order valence-corrected chi connectivity index (χ0v) is 19.9. The molecule has 0 aliphatic carbocycles. The van der Waals surface area contributed by atoms with E-state index in [4.69, 9.17) is 4.79 Å². The fraction of sp³-hybridized carbons (Fsp3) is 0.682. The van der Waals surface area contributed by atoms with Crippen LogP contribution in [-0.2, 0) is 9.59 Å². The summed E-state index contributed by atoms with van der Waals surface area (Å²) in [5, 5.41) is 6.16. The standard InChI is InChI=1S/C15H25N3O.3C2H6.CH2O/c1-11-7-8-12(9-17-11)18-15(4,5)10-14(2,3)13(19)16-6;4*1-2/h7-9,18H,10H2,1-6H3,(H,16,19);3*1-2H3;1H2. The van der Waals surface area contributed by atoms with Crippen LogP contribution in [0.1, 0.15) is 81.4 Å². The second kappa shape index (κ2) is 18.9. The Balaban J connectivity index is -0.000000292. The number of rotatable bonds is 5. The Labute approximate surface area is 168 Å². The van der Waals surface area contributed by atoms with Gasteiger partial charge in [-0.1, -0.05) is 55.4 Å². The molecule has 5 nitrogen and oxygen atoms in total. The lowest BCUT2D eigenvalue weighted by atomic mass is 9.79. The predicted molar refractivity (Wildman–Crippen MR) is 120 cm³/mol. The normalized spacial score (nSPS) is 9.33. The maximum absolute atomic E-state index is 11.9. The Bertz CT molecular complexity index is 455. The number of aromatic nitrogens is 1. The van der Waals surface area contributed by atoms with E-state index in [1.807, 2.05) is 87.4 Å². The van der Waals surface area contributed by atoms with Crippen molar-refractivity contribution in [1.82, 2.24) is 10.3 Å². The summed E-state index contributed by atoms with van der Waals surface area (Å²) in [6.07, 6.45) is 2.55. The summed E-state index contributed by atoms with van der Waals surface area (Å²) in [4.78, 5) is 24.1. The first-order valence-electron chi connectivity index (χ1n) is 9.88. The molecule has 0 saturated carbocycles. The first-order chi connectivity index (χ1) is 12.7. The van der Waals surface area contributed by atoms with Gasteiger partial charge in [-0.2, -0.15) is 0 Å². The molecule has 0 atom stereocenters. The van der Waals surface area contributed by atoms with Gasteiger partial charge in [0.25, 0.3) is 0 Å². The number of anilines is 1. The van der Waals surface area contributed by atoms with Crippen LogP contribution in [0.3, 0.4) is 0 Å². The summed E-state index contributed by atoms with van der Waals surface area (Å²) in [5.74, 6) is 0.0596. The maximum Gasteiger partial charge on any atom is 0.225 e. The fourth-order valence-corrected chi connectivity index (χ4v) is 2.50. The van der Waals surface area contributed by atoms with Crippen molar-refractivity contribution >= 4 is 18.4 Å². The van der Waals surface area contributed by atoms with Gasteiger partial charge in [-0.3, -0.25) is 9.78 Å². The van der Waals surface area contributed by atoms with Crippen molar-refractivity contribution in [1.29, 1.82) is 0 Å². The third-order valence-electron chi connectivity index (χ3n) is 3.12. The number of nitrogens with zero attached hydrogens (tertiary/aromatic N) is 1. The Morgan fingerprint density at radius 2 is 1.44 bits per heavy atom. The average molecular weight is 384 g/mol. The van der Waals surface area contributed by atoms with E-state index in [0.717, 1.165) is 17.8 Å². The Hall–Kier alpha value is -1.91. The topological polar surface area (TPSA) is 71.1 Å². The van der Waals surface area contributed by atoms with Crippen molar-refractivity contribution in [3.63, 3.8) is 0 Å². The van der Waals surface area contributed by atoms with Crippen LogP contribution in [0.25, 0.3) is 0 Å². The van der Waals surface area contributed by atoms with Gasteiger partial charge in [-0.15, -0.1) is 0 Å². The number of hydrogen-bond donors (Lipinski definition) is 2. The minimum absolute atomic E-state index is 0.0596. The van der Waals surface area contributed by atoms with Crippen LogP contribution < -0.4 is 10.6 Å². The molecule has 1 aromatic heterocycles. The van der Waals surface area contributed by atoms with Crippen LogP contribution in [0.4, 0.5) is 5.69 Å². The quantitative estimate of drug-likeness (QED) is 0.690. The van der Waals surface area contributed by atoms with Gasteiger partial charge in [0.15, 0.2) is 0 Å². The maximum atomic E-state index is 11.9. The Morgan fingerprint density at radius 1 is 1.00 bits per heavy atom. The Morgan fingerprint density at radius 3 is 1.78 bits per heavy atom. The molecule has 0 spiro atoms. The molecule has 1 aromatic rings. The van der Waals surface area contributed by atoms with Crippen molar-refractivity contribution in [2.75, 3.05) is 12.4 Å². The molecular weight excluding hydrogens is 338 g/mol. The zero-order chi connectivity index (χ0) is 22.7. The molecule has 1 amide bonds. The molecule has 0 unspecified atom stereocenters. The van der Waals surface area contributed by atoms with E-state index in [9.17, 15) is 4.79 Å². The molecule has 0 bridgehead atoms. The molecule has 0 saturated heterocycles. The van der Waals surface area contributed by atoms with E-state index >= 15 is 0 Å². The highest BCUT2D eigenvalue weighted by Crippen LogP contribution is 2.30. The lowest BCUT2D eigenvalue weighted by Gasteiger charge is -2.35. The van der Waals surface area contributed by atoms with E-state index in [1.54, 1.807) is 7.05 Å². The van der Waals surface area contributed by atoms with E-state index in [-0.39, 0.29) is 11.4 Å². The summed E-state index contributed by atoms with van der Waals surface area (Å²) in [7, 11) is 1.68. The average Bonchev–Trinajstić information content (AvgIpc) is 2.68. The smallest absolute Gasteiger partial charge is 0.225 e. The highest BCUT2D eigenvalue weighted by molar-refractivity contribution is 5.81. The van der Waals surface area contributed by atoms with Gasteiger partial charge >= 0.3 is 0 Å². The highest BCUT2D eigenvalue weighted by atomic mass is 16.2. The van der Waals surface area contributed by atoms with Gasteiger partial charge in [-0.05, 0) is 39.3 Å². The number of carbonyl (C=O) groups excluding carboxylic acids is 2. The summed E-state index contributed by atoms with van der Waals surface area (Å²) < 4.78 is 0. The van der Waals surface area contributed by atoms with Gasteiger partial charge in [0.1, 0.15) is 6.79 Å². The Kier molecular flexibility index (Phi) is 22.9. The molecule has 0 aliphatic rings. The summed E-state index contributed by atoms with van der Waals surface area (Å²) >= 11 is 0. The van der Waals surface area contributed by atoms with Crippen molar-refractivity contribution in [2.24, 2.45) is 5.41 Å². The first-order valence-corrected chi connectivity index (χ1v) is 9.88. The van der Waals surface area contributed by atoms with E-state index in [1.165, 1.54) is 0 Å². The second-order valence-electron chi connectivity index (χ2n) is 6.34. The molecule has 1 heterocycles. The van der Waals surface area contributed by atoms with Gasteiger partial charge < -0.3 is 15.4 Å². The molecule has 1 rings (SSSR count). The summed E-state index contributed by atoms with van der Waals surface area (Å²) in [6, 6.07) is 3.99. The van der Waals surface area contributed by atoms with Crippen molar-refractivity contribution in [3.05, 3.63) is 24.0 Å². The van der Waals surface area contributed by atoms with Crippen LogP contribution in [0, 0.1) is 12.3 Å². The van der Waals surface area contributed by atoms with E-state index in [2.05, 4.69) is 29.5 Å². The molecule has 0 aromatic carbocycles. The zero-order valence-electron chi connectivity index (χ0n) is 19.9. The monoisotopic (exact) mass is 383 g/mol. The molecule has 0 radical (unpaired) electrons.